The van der Waals surface area contributed by atoms with Crippen LogP contribution in [0, 0.1) is 0 Å². The van der Waals surface area contributed by atoms with E-state index in [-0.39, 0.29) is 0 Å². The number of rotatable bonds is 2. The normalized spacial score (nSPS) is 16.2. The predicted octanol–water partition coefficient (Wildman–Crippen LogP) is 4.98. The van der Waals surface area contributed by atoms with Gasteiger partial charge in [0.25, 0.3) is 0 Å². The van der Waals surface area contributed by atoms with E-state index in [4.69, 9.17) is 0 Å². The molecule has 2 nitrogen and oxygen atoms in total. The van der Waals surface area contributed by atoms with Crippen LogP contribution in [0.5, 0.6) is 0 Å². The van der Waals surface area contributed by atoms with Gasteiger partial charge in [-0.25, -0.2) is 0 Å². The molecule has 0 amide bonds. The maximum absolute atomic E-state index is 10.1. The summed E-state index contributed by atoms with van der Waals surface area (Å²) in [5.41, 5.74) is 4.76. The van der Waals surface area contributed by atoms with Crippen LogP contribution in [0.15, 0.2) is 46.9 Å². The Morgan fingerprint density at radius 3 is 2.71 bits per heavy atom. The van der Waals surface area contributed by atoms with Crippen molar-refractivity contribution in [2.75, 3.05) is 11.4 Å². The number of halogens is 1. The minimum Gasteiger partial charge on any atom is -0.389 e. The fraction of sp³-hybridized carbons (Fsp3) is 0.333. The minimum atomic E-state index is -0.479. The first-order chi connectivity index (χ1) is 10.2. The number of aliphatic hydroxyl groups is 1. The van der Waals surface area contributed by atoms with Gasteiger partial charge in [-0.15, -0.1) is 0 Å². The number of hydrogen-bond acceptors (Lipinski definition) is 2. The van der Waals surface area contributed by atoms with Gasteiger partial charge < -0.3 is 10.0 Å². The second kappa shape index (κ2) is 6.20. The summed E-state index contributed by atoms with van der Waals surface area (Å²) >= 11 is 3.51. The van der Waals surface area contributed by atoms with Gasteiger partial charge in [-0.05, 0) is 56.0 Å². The van der Waals surface area contributed by atoms with E-state index in [1.807, 2.05) is 13.0 Å². The molecular formula is C18H20BrNO. The van der Waals surface area contributed by atoms with Crippen molar-refractivity contribution in [3.8, 4) is 0 Å². The van der Waals surface area contributed by atoms with Crippen molar-refractivity contribution in [3.05, 3.63) is 58.1 Å². The van der Waals surface area contributed by atoms with Crippen LogP contribution < -0.4 is 4.90 Å². The van der Waals surface area contributed by atoms with Crippen molar-refractivity contribution in [2.24, 2.45) is 0 Å². The minimum absolute atomic E-state index is 0.479. The van der Waals surface area contributed by atoms with Crippen LogP contribution in [0.2, 0.25) is 0 Å². The lowest BCUT2D eigenvalue weighted by molar-refractivity contribution is 0.199. The standard InChI is InChI=1S/C18H20BrNO/c1-13(21)16-12-15(19)9-10-18(16)20-11-5-4-7-14-6-2-3-8-17(14)20/h2-3,6,8-10,12-13,21H,4-5,7,11H2,1H3. The smallest absolute Gasteiger partial charge is 0.0782 e. The zero-order chi connectivity index (χ0) is 14.8. The van der Waals surface area contributed by atoms with E-state index in [0.29, 0.717) is 0 Å². The van der Waals surface area contributed by atoms with Crippen LogP contribution in [-0.4, -0.2) is 11.7 Å². The zero-order valence-electron chi connectivity index (χ0n) is 12.2. The van der Waals surface area contributed by atoms with Crippen LogP contribution in [0.25, 0.3) is 0 Å². The van der Waals surface area contributed by atoms with E-state index in [1.54, 1.807) is 0 Å². The highest BCUT2D eigenvalue weighted by Crippen LogP contribution is 2.37. The summed E-state index contributed by atoms with van der Waals surface area (Å²) in [5, 5.41) is 10.1. The molecule has 1 aliphatic rings. The molecule has 2 aromatic rings. The Kier molecular flexibility index (Phi) is 4.32. The molecule has 3 heteroatoms. The van der Waals surface area contributed by atoms with Crippen LogP contribution in [-0.2, 0) is 6.42 Å². The number of benzene rings is 2. The fourth-order valence-corrected chi connectivity index (χ4v) is 3.43. The Morgan fingerprint density at radius 2 is 1.90 bits per heavy atom. The van der Waals surface area contributed by atoms with E-state index < -0.39 is 6.10 Å². The van der Waals surface area contributed by atoms with Crippen LogP contribution in [0.3, 0.4) is 0 Å². The third kappa shape index (κ3) is 2.99. The summed E-state index contributed by atoms with van der Waals surface area (Å²) < 4.78 is 1.00. The van der Waals surface area contributed by atoms with E-state index in [2.05, 4.69) is 57.2 Å². The van der Waals surface area contributed by atoms with E-state index in [0.717, 1.165) is 28.7 Å². The molecule has 1 atom stereocenters. The van der Waals surface area contributed by atoms with Crippen molar-refractivity contribution in [3.63, 3.8) is 0 Å². The van der Waals surface area contributed by atoms with Gasteiger partial charge in [-0.2, -0.15) is 0 Å². The number of nitrogens with zero attached hydrogens (tertiary/aromatic N) is 1. The predicted molar refractivity (Wildman–Crippen MR) is 91.2 cm³/mol. The molecule has 0 saturated heterocycles. The summed E-state index contributed by atoms with van der Waals surface area (Å²) in [6.45, 7) is 2.83. The van der Waals surface area contributed by atoms with Gasteiger partial charge in [0.15, 0.2) is 0 Å². The Labute approximate surface area is 134 Å². The summed E-state index contributed by atoms with van der Waals surface area (Å²) in [5.74, 6) is 0. The summed E-state index contributed by atoms with van der Waals surface area (Å²) in [4.78, 5) is 2.36. The second-order valence-electron chi connectivity index (χ2n) is 5.62. The molecule has 110 valence electrons. The average molecular weight is 346 g/mol. The molecule has 1 aliphatic heterocycles. The lowest BCUT2D eigenvalue weighted by Crippen LogP contribution is -2.20. The topological polar surface area (TPSA) is 23.5 Å². The van der Waals surface area contributed by atoms with Crippen LogP contribution >= 0.6 is 15.9 Å². The van der Waals surface area contributed by atoms with Crippen molar-refractivity contribution in [1.82, 2.24) is 0 Å². The maximum atomic E-state index is 10.1. The van der Waals surface area contributed by atoms with Crippen molar-refractivity contribution < 1.29 is 5.11 Å². The maximum Gasteiger partial charge on any atom is 0.0782 e. The third-order valence-corrected chi connectivity index (χ3v) is 4.58. The average Bonchev–Trinajstić information content (AvgIpc) is 2.69. The van der Waals surface area contributed by atoms with Crippen LogP contribution in [0.4, 0.5) is 11.4 Å². The van der Waals surface area contributed by atoms with E-state index in [1.165, 1.54) is 24.1 Å². The number of para-hydroxylation sites is 1. The first kappa shape index (κ1) is 14.6. The van der Waals surface area contributed by atoms with Gasteiger partial charge in [-0.3, -0.25) is 0 Å². The number of fused-ring (bicyclic) bond motifs is 1. The largest absolute Gasteiger partial charge is 0.389 e. The molecule has 0 aromatic heterocycles. The Morgan fingerprint density at radius 1 is 1.10 bits per heavy atom. The first-order valence-corrected chi connectivity index (χ1v) is 8.29. The van der Waals surface area contributed by atoms with Gasteiger partial charge in [-0.1, -0.05) is 34.1 Å². The Bertz CT molecular complexity index is 639. The van der Waals surface area contributed by atoms with Crippen molar-refractivity contribution >= 4 is 27.3 Å². The highest BCUT2D eigenvalue weighted by Gasteiger charge is 2.20. The molecule has 0 fully saturated rings. The highest BCUT2D eigenvalue weighted by molar-refractivity contribution is 9.10. The highest BCUT2D eigenvalue weighted by atomic mass is 79.9. The lowest BCUT2D eigenvalue weighted by Gasteiger charge is -2.28. The van der Waals surface area contributed by atoms with Gasteiger partial charge in [0.2, 0.25) is 0 Å². The number of aliphatic hydroxyl groups excluding tert-OH is 1. The molecule has 0 spiro atoms. The molecule has 3 rings (SSSR count). The fourth-order valence-electron chi connectivity index (χ4n) is 3.05. The Balaban J connectivity index is 2.12. The summed E-state index contributed by atoms with van der Waals surface area (Å²) in [6, 6.07) is 14.8. The molecule has 2 aromatic carbocycles. The second-order valence-corrected chi connectivity index (χ2v) is 6.53. The number of aryl methyl sites for hydroxylation is 1. The molecule has 0 aliphatic carbocycles. The molecule has 0 bridgehead atoms. The van der Waals surface area contributed by atoms with E-state index >= 15 is 0 Å². The van der Waals surface area contributed by atoms with Crippen LogP contribution in [0.1, 0.15) is 37.0 Å². The molecule has 1 unspecified atom stereocenters. The lowest BCUT2D eigenvalue weighted by atomic mass is 10.0. The van der Waals surface area contributed by atoms with Crippen molar-refractivity contribution in [2.45, 2.75) is 32.3 Å². The van der Waals surface area contributed by atoms with Crippen molar-refractivity contribution in [1.29, 1.82) is 0 Å². The molecular weight excluding hydrogens is 326 g/mol. The molecule has 1 N–H and O–H groups in total. The first-order valence-electron chi connectivity index (χ1n) is 7.50. The monoisotopic (exact) mass is 345 g/mol. The summed E-state index contributed by atoms with van der Waals surface area (Å²) in [6.07, 6.45) is 3.04. The summed E-state index contributed by atoms with van der Waals surface area (Å²) in [7, 11) is 0. The van der Waals surface area contributed by atoms with E-state index in [9.17, 15) is 5.11 Å². The third-order valence-electron chi connectivity index (χ3n) is 4.09. The molecule has 21 heavy (non-hydrogen) atoms. The Hall–Kier alpha value is -1.32. The van der Waals surface area contributed by atoms with Gasteiger partial charge in [0, 0.05) is 28.0 Å². The SMILES string of the molecule is CC(O)c1cc(Br)ccc1N1CCCCc2ccccc21. The molecule has 0 saturated carbocycles. The molecule has 1 heterocycles. The number of anilines is 2. The quantitative estimate of drug-likeness (QED) is 0.829. The zero-order valence-corrected chi connectivity index (χ0v) is 13.8. The number of hydrogen-bond donors (Lipinski definition) is 1. The van der Waals surface area contributed by atoms with Gasteiger partial charge >= 0.3 is 0 Å². The van der Waals surface area contributed by atoms with Gasteiger partial charge in [0.1, 0.15) is 0 Å². The van der Waals surface area contributed by atoms with Gasteiger partial charge in [0.05, 0.1) is 6.10 Å². The molecule has 0 radical (unpaired) electrons.